The van der Waals surface area contributed by atoms with E-state index in [1.807, 2.05) is 0 Å². The maximum Gasteiger partial charge on any atom is -0.0163 e. The van der Waals surface area contributed by atoms with Gasteiger partial charge in [0, 0.05) is 0 Å². The Bertz CT molecular complexity index is 182. The van der Waals surface area contributed by atoms with Gasteiger partial charge in [-0.2, -0.15) is 0 Å². The molecule has 0 unspecified atom stereocenters. The van der Waals surface area contributed by atoms with Gasteiger partial charge in [0.25, 0.3) is 0 Å². The van der Waals surface area contributed by atoms with Gasteiger partial charge in [0.15, 0.2) is 0 Å². The SMILES string of the molecule is C1=C\C/C=C\C=C/CCC\C=C/1. The molecule has 0 nitrogen and oxygen atoms in total. The Kier molecular flexibility index (Phi) is 5.02. The molecule has 0 atom stereocenters. The standard InChI is InChI=1S/C12H16/c1-2-4-6-8-10-12-11-9-7-5-3-1/h1-4,7,9,11-12H,5-6,8,10H2/b3-1-,4-2-,9-7-,12-11-. The molecule has 0 spiro atoms. The second kappa shape index (κ2) is 6.66. The van der Waals surface area contributed by atoms with Crippen molar-refractivity contribution in [2.75, 3.05) is 0 Å². The number of hydrogen-bond acceptors (Lipinski definition) is 0. The van der Waals surface area contributed by atoms with Gasteiger partial charge in [-0.3, -0.25) is 0 Å². The van der Waals surface area contributed by atoms with Crippen molar-refractivity contribution in [3.05, 3.63) is 48.6 Å². The molecule has 0 heterocycles. The summed E-state index contributed by atoms with van der Waals surface area (Å²) < 4.78 is 0. The van der Waals surface area contributed by atoms with Gasteiger partial charge in [0.05, 0.1) is 0 Å². The van der Waals surface area contributed by atoms with Gasteiger partial charge in [0.1, 0.15) is 0 Å². The predicted octanol–water partition coefficient (Wildman–Crippen LogP) is 3.79. The molecule has 0 N–H and O–H groups in total. The van der Waals surface area contributed by atoms with Crippen molar-refractivity contribution in [3.8, 4) is 0 Å². The normalized spacial score (nSPS) is 29.3. The quantitative estimate of drug-likeness (QED) is 0.506. The fraction of sp³-hybridized carbons (Fsp3) is 0.333. The van der Waals surface area contributed by atoms with Crippen molar-refractivity contribution < 1.29 is 0 Å². The molecular formula is C12H16. The number of allylic oxidation sites excluding steroid dienone is 8. The van der Waals surface area contributed by atoms with Crippen LogP contribution in [0.15, 0.2) is 48.6 Å². The summed E-state index contributed by atoms with van der Waals surface area (Å²) in [6, 6.07) is 0. The monoisotopic (exact) mass is 160 g/mol. The van der Waals surface area contributed by atoms with Crippen molar-refractivity contribution in [1.82, 2.24) is 0 Å². The maximum atomic E-state index is 2.23. The highest BCUT2D eigenvalue weighted by atomic mass is 13.9. The lowest BCUT2D eigenvalue weighted by Crippen LogP contribution is -1.69. The van der Waals surface area contributed by atoms with Crippen molar-refractivity contribution in [3.63, 3.8) is 0 Å². The summed E-state index contributed by atoms with van der Waals surface area (Å²) in [5, 5.41) is 0. The van der Waals surface area contributed by atoms with E-state index in [0.717, 1.165) is 6.42 Å². The van der Waals surface area contributed by atoms with E-state index < -0.39 is 0 Å². The molecule has 0 aromatic rings. The Labute approximate surface area is 75.0 Å². The van der Waals surface area contributed by atoms with Gasteiger partial charge < -0.3 is 0 Å². The Balaban J connectivity index is 2.42. The molecule has 0 amide bonds. The third-order valence-electron chi connectivity index (χ3n) is 1.78. The first kappa shape index (κ1) is 9.05. The van der Waals surface area contributed by atoms with Gasteiger partial charge in [-0.1, -0.05) is 48.6 Å². The fourth-order valence-corrected chi connectivity index (χ4v) is 1.10. The van der Waals surface area contributed by atoms with Crippen LogP contribution >= 0.6 is 0 Å². The van der Waals surface area contributed by atoms with Crippen LogP contribution in [-0.4, -0.2) is 0 Å². The van der Waals surface area contributed by atoms with Gasteiger partial charge in [-0.15, -0.1) is 0 Å². The van der Waals surface area contributed by atoms with Crippen LogP contribution in [0.5, 0.6) is 0 Å². The van der Waals surface area contributed by atoms with Crippen molar-refractivity contribution in [2.24, 2.45) is 0 Å². The molecule has 0 heteroatoms. The maximum absolute atomic E-state index is 2.23. The van der Waals surface area contributed by atoms with E-state index in [0.29, 0.717) is 0 Å². The highest BCUT2D eigenvalue weighted by molar-refractivity contribution is 5.09. The number of hydrogen-bond donors (Lipinski definition) is 0. The van der Waals surface area contributed by atoms with Crippen LogP contribution in [0, 0.1) is 0 Å². The van der Waals surface area contributed by atoms with Crippen LogP contribution in [0.1, 0.15) is 25.7 Å². The zero-order chi connectivity index (χ0) is 8.49. The first-order valence-corrected chi connectivity index (χ1v) is 4.63. The molecule has 0 fully saturated rings. The van der Waals surface area contributed by atoms with Crippen LogP contribution in [0.25, 0.3) is 0 Å². The lowest BCUT2D eigenvalue weighted by atomic mass is 10.2. The van der Waals surface area contributed by atoms with Gasteiger partial charge in [-0.05, 0) is 25.7 Å². The van der Waals surface area contributed by atoms with Crippen molar-refractivity contribution in [1.29, 1.82) is 0 Å². The molecule has 0 saturated heterocycles. The van der Waals surface area contributed by atoms with Crippen molar-refractivity contribution >= 4 is 0 Å². The molecule has 0 saturated carbocycles. The second-order valence-corrected chi connectivity index (χ2v) is 2.88. The topological polar surface area (TPSA) is 0 Å². The Hall–Kier alpha value is -1.04. The smallest absolute Gasteiger partial charge is 0.0163 e. The highest BCUT2D eigenvalue weighted by Crippen LogP contribution is 2.00. The molecule has 0 bridgehead atoms. The molecule has 1 aliphatic carbocycles. The molecule has 64 valence electrons. The van der Waals surface area contributed by atoms with Crippen LogP contribution in [0.4, 0.5) is 0 Å². The van der Waals surface area contributed by atoms with E-state index in [1.165, 1.54) is 19.3 Å². The van der Waals surface area contributed by atoms with Crippen LogP contribution in [-0.2, 0) is 0 Å². The summed E-state index contributed by atoms with van der Waals surface area (Å²) in [5.74, 6) is 0. The Morgan fingerprint density at radius 2 is 1.08 bits per heavy atom. The van der Waals surface area contributed by atoms with Gasteiger partial charge in [0.2, 0.25) is 0 Å². The van der Waals surface area contributed by atoms with E-state index in [-0.39, 0.29) is 0 Å². The lowest BCUT2D eigenvalue weighted by molar-refractivity contribution is 0.868. The van der Waals surface area contributed by atoms with E-state index in [4.69, 9.17) is 0 Å². The molecular weight excluding hydrogens is 144 g/mol. The van der Waals surface area contributed by atoms with Crippen LogP contribution in [0.2, 0.25) is 0 Å². The van der Waals surface area contributed by atoms with E-state index >= 15 is 0 Å². The first-order chi connectivity index (χ1) is 6.00. The fourth-order valence-electron chi connectivity index (χ4n) is 1.10. The number of rotatable bonds is 0. The van der Waals surface area contributed by atoms with E-state index in [1.54, 1.807) is 0 Å². The third kappa shape index (κ3) is 4.73. The molecule has 1 aliphatic rings. The van der Waals surface area contributed by atoms with Crippen LogP contribution in [0.3, 0.4) is 0 Å². The van der Waals surface area contributed by atoms with E-state index in [2.05, 4.69) is 48.6 Å². The molecule has 0 aromatic heterocycles. The molecule has 12 heavy (non-hydrogen) atoms. The third-order valence-corrected chi connectivity index (χ3v) is 1.78. The average Bonchev–Trinajstić information content (AvgIpc) is 2.05. The highest BCUT2D eigenvalue weighted by Gasteiger charge is 1.79. The zero-order valence-corrected chi connectivity index (χ0v) is 7.45. The van der Waals surface area contributed by atoms with Crippen LogP contribution < -0.4 is 0 Å². The molecule has 0 aliphatic heterocycles. The summed E-state index contributed by atoms with van der Waals surface area (Å²) in [6.45, 7) is 0. The van der Waals surface area contributed by atoms with Gasteiger partial charge in [-0.25, -0.2) is 0 Å². The zero-order valence-electron chi connectivity index (χ0n) is 7.45. The second-order valence-electron chi connectivity index (χ2n) is 2.88. The lowest BCUT2D eigenvalue weighted by Gasteiger charge is -1.89. The summed E-state index contributed by atoms with van der Waals surface area (Å²) in [6.07, 6.45) is 22.0. The predicted molar refractivity (Wildman–Crippen MR) is 55.0 cm³/mol. The van der Waals surface area contributed by atoms with Gasteiger partial charge >= 0.3 is 0 Å². The minimum Gasteiger partial charge on any atom is -0.0845 e. The van der Waals surface area contributed by atoms with E-state index in [9.17, 15) is 0 Å². The Morgan fingerprint density at radius 3 is 1.67 bits per heavy atom. The summed E-state index contributed by atoms with van der Waals surface area (Å²) in [5.41, 5.74) is 0. The summed E-state index contributed by atoms with van der Waals surface area (Å²) in [7, 11) is 0. The minimum atomic E-state index is 1.04. The molecule has 0 radical (unpaired) electrons. The largest absolute Gasteiger partial charge is 0.0845 e. The average molecular weight is 160 g/mol. The summed E-state index contributed by atoms with van der Waals surface area (Å²) >= 11 is 0. The first-order valence-electron chi connectivity index (χ1n) is 4.63. The molecule has 0 aromatic carbocycles. The Morgan fingerprint density at radius 1 is 0.583 bits per heavy atom. The minimum absolute atomic E-state index is 1.04. The molecule has 1 rings (SSSR count). The van der Waals surface area contributed by atoms with Crippen molar-refractivity contribution in [2.45, 2.75) is 25.7 Å². The summed E-state index contributed by atoms with van der Waals surface area (Å²) in [4.78, 5) is 0.